The Labute approximate surface area is 145 Å². The summed E-state index contributed by atoms with van der Waals surface area (Å²) >= 11 is 0. The van der Waals surface area contributed by atoms with Gasteiger partial charge in [0.15, 0.2) is 0 Å². The van der Waals surface area contributed by atoms with Crippen molar-refractivity contribution < 1.29 is 18.9 Å². The van der Waals surface area contributed by atoms with Crippen molar-refractivity contribution in [2.45, 2.75) is 48.0 Å². The average Bonchev–Trinajstić information content (AvgIpc) is 2.58. The van der Waals surface area contributed by atoms with Gasteiger partial charge in [-0.15, -0.1) is 0 Å². The Morgan fingerprint density at radius 2 is 0.957 bits per heavy atom. The van der Waals surface area contributed by atoms with E-state index in [1.807, 2.05) is 34.7 Å². The Morgan fingerprint density at radius 3 is 1.30 bits per heavy atom. The molecule has 0 amide bonds. The van der Waals surface area contributed by atoms with Crippen molar-refractivity contribution in [3.8, 4) is 0 Å². The molecule has 0 aromatic rings. The fraction of sp³-hybridized carbons (Fsp3) is 1.00. The van der Waals surface area contributed by atoms with Gasteiger partial charge in [-0.25, -0.2) is 0 Å². The first-order chi connectivity index (χ1) is 11.3. The SMILES string of the molecule is CC.CC.CNCCOCCOCCOCCOCCC(C)C. The average molecular weight is 338 g/mol. The highest BCUT2D eigenvalue weighted by atomic mass is 16.6. The van der Waals surface area contributed by atoms with Crippen LogP contribution in [-0.2, 0) is 18.9 Å². The van der Waals surface area contributed by atoms with Crippen LogP contribution in [-0.4, -0.2) is 66.4 Å². The van der Waals surface area contributed by atoms with Gasteiger partial charge in [-0.1, -0.05) is 41.5 Å². The molecule has 0 aliphatic heterocycles. The van der Waals surface area contributed by atoms with Crippen LogP contribution in [0.15, 0.2) is 0 Å². The fourth-order valence-corrected chi connectivity index (χ4v) is 1.26. The third-order valence-electron chi connectivity index (χ3n) is 2.45. The normalized spacial score (nSPS) is 9.91. The predicted octanol–water partition coefficient (Wildman–Crippen LogP) is 3.37. The molecular weight excluding hydrogens is 294 g/mol. The highest BCUT2D eigenvalue weighted by Crippen LogP contribution is 1.98. The van der Waals surface area contributed by atoms with Gasteiger partial charge in [-0.2, -0.15) is 0 Å². The second-order valence-electron chi connectivity index (χ2n) is 4.74. The molecule has 0 rings (SSSR count). The van der Waals surface area contributed by atoms with Crippen LogP contribution in [0.5, 0.6) is 0 Å². The highest BCUT2D eigenvalue weighted by Gasteiger charge is 1.94. The highest BCUT2D eigenvalue weighted by molar-refractivity contribution is 4.42. The van der Waals surface area contributed by atoms with Crippen molar-refractivity contribution in [3.05, 3.63) is 0 Å². The maximum Gasteiger partial charge on any atom is 0.0701 e. The Hall–Kier alpha value is -0.200. The summed E-state index contributed by atoms with van der Waals surface area (Å²) in [6.07, 6.45) is 1.11. The summed E-state index contributed by atoms with van der Waals surface area (Å²) in [5.41, 5.74) is 0. The third-order valence-corrected chi connectivity index (χ3v) is 2.45. The van der Waals surface area contributed by atoms with Crippen LogP contribution in [0.2, 0.25) is 0 Å². The molecule has 5 nitrogen and oxygen atoms in total. The predicted molar refractivity (Wildman–Crippen MR) is 99.4 cm³/mol. The maximum atomic E-state index is 5.44. The summed E-state index contributed by atoms with van der Waals surface area (Å²) in [7, 11) is 1.91. The molecule has 5 heteroatoms. The van der Waals surface area contributed by atoms with E-state index in [9.17, 15) is 0 Å². The van der Waals surface area contributed by atoms with Gasteiger partial charge < -0.3 is 24.3 Å². The summed E-state index contributed by atoms with van der Waals surface area (Å²) in [6.45, 7) is 18.6. The molecule has 0 saturated heterocycles. The van der Waals surface area contributed by atoms with Gasteiger partial charge in [0.1, 0.15) is 0 Å². The van der Waals surface area contributed by atoms with Crippen LogP contribution >= 0.6 is 0 Å². The molecule has 0 spiro atoms. The lowest BCUT2D eigenvalue weighted by Crippen LogP contribution is -2.17. The number of rotatable bonds is 15. The molecule has 0 radical (unpaired) electrons. The van der Waals surface area contributed by atoms with Gasteiger partial charge in [-0.05, 0) is 19.4 Å². The van der Waals surface area contributed by atoms with Gasteiger partial charge >= 0.3 is 0 Å². The molecular formula is C18H43NO4. The zero-order chi connectivity index (χ0) is 18.2. The van der Waals surface area contributed by atoms with Crippen LogP contribution in [0, 0.1) is 5.92 Å². The quantitative estimate of drug-likeness (QED) is 0.464. The largest absolute Gasteiger partial charge is 0.379 e. The molecule has 0 unspecified atom stereocenters. The molecule has 0 aliphatic rings. The van der Waals surface area contributed by atoms with Crippen LogP contribution in [0.1, 0.15) is 48.0 Å². The molecule has 0 bridgehead atoms. The van der Waals surface area contributed by atoms with E-state index in [0.717, 1.165) is 26.2 Å². The smallest absolute Gasteiger partial charge is 0.0701 e. The first-order valence-electron chi connectivity index (χ1n) is 9.23. The Balaban J connectivity index is -0.000000919. The number of likely N-dealkylation sites (N-methyl/N-ethyl adjacent to an activating group) is 1. The van der Waals surface area contributed by atoms with Gasteiger partial charge in [0.05, 0.1) is 46.2 Å². The van der Waals surface area contributed by atoms with Crippen molar-refractivity contribution in [1.82, 2.24) is 5.32 Å². The van der Waals surface area contributed by atoms with E-state index in [1.165, 1.54) is 0 Å². The van der Waals surface area contributed by atoms with Crippen LogP contribution in [0.4, 0.5) is 0 Å². The standard InChI is InChI=1S/C14H31NO4.2C2H6/c1-14(2)4-6-16-8-10-18-12-13-19-11-9-17-7-5-15-3;2*1-2/h14-15H,4-13H2,1-3H3;2*1-2H3. The van der Waals surface area contributed by atoms with Crippen LogP contribution in [0.3, 0.4) is 0 Å². The summed E-state index contributed by atoms with van der Waals surface area (Å²) in [5, 5.41) is 3.02. The van der Waals surface area contributed by atoms with Gasteiger partial charge in [0, 0.05) is 13.2 Å². The minimum Gasteiger partial charge on any atom is -0.379 e. The third kappa shape index (κ3) is 34.2. The van der Waals surface area contributed by atoms with Crippen molar-refractivity contribution in [2.24, 2.45) is 5.92 Å². The second kappa shape index (κ2) is 29.8. The monoisotopic (exact) mass is 337 g/mol. The Morgan fingerprint density at radius 1 is 0.609 bits per heavy atom. The summed E-state index contributed by atoms with van der Waals surface area (Å²) in [5.74, 6) is 0.699. The molecule has 23 heavy (non-hydrogen) atoms. The Bertz CT molecular complexity index is 169. The lowest BCUT2D eigenvalue weighted by molar-refractivity contribution is -0.00229. The lowest BCUT2D eigenvalue weighted by atomic mass is 10.1. The molecule has 0 aliphatic carbocycles. The fourth-order valence-electron chi connectivity index (χ4n) is 1.26. The summed E-state index contributed by atoms with van der Waals surface area (Å²) in [4.78, 5) is 0. The minimum atomic E-state index is 0.612. The van der Waals surface area contributed by atoms with Gasteiger partial charge in [0.25, 0.3) is 0 Å². The van der Waals surface area contributed by atoms with E-state index in [-0.39, 0.29) is 0 Å². The number of ether oxygens (including phenoxy) is 4. The van der Waals surface area contributed by atoms with Gasteiger partial charge in [0.2, 0.25) is 0 Å². The molecule has 0 heterocycles. The molecule has 144 valence electrons. The number of hydrogen-bond acceptors (Lipinski definition) is 5. The molecule has 0 saturated carbocycles. The second-order valence-corrected chi connectivity index (χ2v) is 4.74. The van der Waals surface area contributed by atoms with E-state index in [2.05, 4.69) is 19.2 Å². The minimum absolute atomic E-state index is 0.612. The lowest BCUT2D eigenvalue weighted by Gasteiger charge is -2.08. The van der Waals surface area contributed by atoms with Crippen molar-refractivity contribution >= 4 is 0 Å². The van der Waals surface area contributed by atoms with Crippen molar-refractivity contribution in [1.29, 1.82) is 0 Å². The van der Waals surface area contributed by atoms with Crippen molar-refractivity contribution in [2.75, 3.05) is 66.4 Å². The van der Waals surface area contributed by atoms with E-state index in [1.54, 1.807) is 0 Å². The molecule has 0 aromatic carbocycles. The van der Waals surface area contributed by atoms with E-state index >= 15 is 0 Å². The van der Waals surface area contributed by atoms with E-state index in [0.29, 0.717) is 45.6 Å². The van der Waals surface area contributed by atoms with Crippen LogP contribution in [0.25, 0.3) is 0 Å². The molecule has 0 aromatic heterocycles. The van der Waals surface area contributed by atoms with Crippen molar-refractivity contribution in [3.63, 3.8) is 0 Å². The number of hydrogen-bond donors (Lipinski definition) is 1. The Kier molecular flexibility index (Phi) is 35.8. The zero-order valence-electron chi connectivity index (χ0n) is 16.8. The van der Waals surface area contributed by atoms with Crippen LogP contribution < -0.4 is 5.32 Å². The zero-order valence-corrected chi connectivity index (χ0v) is 16.8. The van der Waals surface area contributed by atoms with E-state index < -0.39 is 0 Å². The van der Waals surface area contributed by atoms with Gasteiger partial charge in [-0.3, -0.25) is 0 Å². The molecule has 1 N–H and O–H groups in total. The number of nitrogens with one attached hydrogen (secondary N) is 1. The summed E-state index contributed by atoms with van der Waals surface area (Å²) < 4.78 is 21.5. The van der Waals surface area contributed by atoms with E-state index in [4.69, 9.17) is 18.9 Å². The summed E-state index contributed by atoms with van der Waals surface area (Å²) in [6, 6.07) is 0. The molecule has 0 fully saturated rings. The topological polar surface area (TPSA) is 49.0 Å². The first kappa shape index (κ1) is 27.6. The first-order valence-corrected chi connectivity index (χ1v) is 9.23. The molecule has 0 atom stereocenters. The maximum absolute atomic E-state index is 5.44.